The normalized spacial score (nSPS) is 17.8. The maximum atomic E-state index is 12.8. The van der Waals surface area contributed by atoms with Crippen molar-refractivity contribution in [3.63, 3.8) is 0 Å². The van der Waals surface area contributed by atoms with Crippen molar-refractivity contribution in [2.75, 3.05) is 5.43 Å². The standard InChI is InChI=1S/C30H37N5O3/c1-16-12-21-20(29(5,6)15-18(3)30(21,7)8)14-23(16)38-25-11-10-22(37-25)28(36)33-32-24-13-17(2)26-19(4)34-35(9)27(26)31-24/h10-14,18H,15H2,1-9H3,(H,31,32)(H,33,36). The van der Waals surface area contributed by atoms with Gasteiger partial charge in [-0.2, -0.15) is 5.10 Å². The number of carbonyl (C=O) groups is 1. The minimum Gasteiger partial charge on any atom is -0.426 e. The highest BCUT2D eigenvalue weighted by molar-refractivity contribution is 5.92. The van der Waals surface area contributed by atoms with Crippen LogP contribution in [0, 0.1) is 26.7 Å². The van der Waals surface area contributed by atoms with Gasteiger partial charge in [0, 0.05) is 18.5 Å². The van der Waals surface area contributed by atoms with Crippen molar-refractivity contribution in [2.24, 2.45) is 13.0 Å². The van der Waals surface area contributed by atoms with E-state index < -0.39 is 5.91 Å². The number of furan rings is 1. The van der Waals surface area contributed by atoms with Gasteiger partial charge in [-0.05, 0) is 84.4 Å². The number of hydrazine groups is 1. The second-order valence-corrected chi connectivity index (χ2v) is 11.9. The number of carbonyl (C=O) groups excluding carboxylic acids is 1. The molecule has 38 heavy (non-hydrogen) atoms. The Kier molecular flexibility index (Phi) is 6.04. The quantitative estimate of drug-likeness (QED) is 0.290. The molecule has 0 fully saturated rings. The molecule has 4 aromatic rings. The molecule has 2 N–H and O–H groups in total. The fourth-order valence-electron chi connectivity index (χ4n) is 5.80. The number of anilines is 1. The van der Waals surface area contributed by atoms with E-state index >= 15 is 0 Å². The predicted molar refractivity (Wildman–Crippen MR) is 149 cm³/mol. The predicted octanol–water partition coefficient (Wildman–Crippen LogP) is 6.63. The molecule has 200 valence electrons. The smallest absolute Gasteiger partial charge is 0.305 e. The van der Waals surface area contributed by atoms with Gasteiger partial charge in [-0.1, -0.05) is 40.7 Å². The third kappa shape index (κ3) is 4.31. The molecular weight excluding hydrogens is 478 g/mol. The van der Waals surface area contributed by atoms with Crippen molar-refractivity contribution in [1.82, 2.24) is 20.2 Å². The average molecular weight is 516 g/mol. The first-order chi connectivity index (χ1) is 17.8. The Bertz CT molecular complexity index is 1560. The van der Waals surface area contributed by atoms with Gasteiger partial charge in [0.1, 0.15) is 11.6 Å². The van der Waals surface area contributed by atoms with E-state index in [0.717, 1.165) is 40.0 Å². The summed E-state index contributed by atoms with van der Waals surface area (Å²) >= 11 is 0. The molecular formula is C30H37N5O3. The highest BCUT2D eigenvalue weighted by Gasteiger charge is 2.42. The zero-order valence-electron chi connectivity index (χ0n) is 23.7. The van der Waals surface area contributed by atoms with Gasteiger partial charge in [0.2, 0.25) is 0 Å². The molecule has 1 aromatic carbocycles. The number of fused-ring (bicyclic) bond motifs is 2. The first-order valence-electron chi connectivity index (χ1n) is 13.1. The largest absolute Gasteiger partial charge is 0.426 e. The van der Waals surface area contributed by atoms with Crippen LogP contribution in [0.15, 0.2) is 34.7 Å². The van der Waals surface area contributed by atoms with E-state index in [9.17, 15) is 4.79 Å². The van der Waals surface area contributed by atoms with E-state index in [4.69, 9.17) is 9.15 Å². The summed E-state index contributed by atoms with van der Waals surface area (Å²) in [6, 6.07) is 9.53. The molecule has 8 heteroatoms. The molecule has 0 spiro atoms. The Balaban J connectivity index is 1.32. The van der Waals surface area contributed by atoms with E-state index in [1.165, 1.54) is 11.1 Å². The first kappa shape index (κ1) is 25.8. The molecule has 0 saturated carbocycles. The number of hydrogen-bond acceptors (Lipinski definition) is 6. The van der Waals surface area contributed by atoms with Gasteiger partial charge in [0.25, 0.3) is 5.95 Å². The fourth-order valence-corrected chi connectivity index (χ4v) is 5.80. The molecule has 1 aliphatic carbocycles. The lowest BCUT2D eigenvalue weighted by molar-refractivity contribution is 0.0930. The molecule has 8 nitrogen and oxygen atoms in total. The van der Waals surface area contributed by atoms with Crippen molar-refractivity contribution < 1.29 is 13.9 Å². The number of pyridine rings is 1. The molecule has 3 aromatic heterocycles. The summed E-state index contributed by atoms with van der Waals surface area (Å²) in [5.74, 6) is 1.79. The van der Waals surface area contributed by atoms with Crippen LogP contribution in [-0.2, 0) is 17.9 Å². The molecule has 1 unspecified atom stereocenters. The Morgan fingerprint density at radius 2 is 1.82 bits per heavy atom. The van der Waals surface area contributed by atoms with Gasteiger partial charge in [-0.15, -0.1) is 0 Å². The molecule has 1 atom stereocenters. The molecule has 0 bridgehead atoms. The van der Waals surface area contributed by atoms with Gasteiger partial charge in [-0.25, -0.2) is 4.98 Å². The summed E-state index contributed by atoms with van der Waals surface area (Å²) in [5, 5.41) is 5.44. The number of ether oxygens (including phenoxy) is 1. The monoisotopic (exact) mass is 515 g/mol. The van der Waals surface area contributed by atoms with E-state index in [-0.39, 0.29) is 22.5 Å². The summed E-state index contributed by atoms with van der Waals surface area (Å²) in [4.78, 5) is 17.4. The van der Waals surface area contributed by atoms with Crippen molar-refractivity contribution in [3.8, 4) is 11.7 Å². The lowest BCUT2D eigenvalue weighted by Gasteiger charge is -2.46. The molecule has 5 rings (SSSR count). The van der Waals surface area contributed by atoms with Gasteiger partial charge >= 0.3 is 5.91 Å². The third-order valence-corrected chi connectivity index (χ3v) is 8.27. The lowest BCUT2D eigenvalue weighted by atomic mass is 9.58. The van der Waals surface area contributed by atoms with Gasteiger partial charge in [0.15, 0.2) is 11.4 Å². The van der Waals surface area contributed by atoms with Crippen LogP contribution >= 0.6 is 0 Å². The minimum absolute atomic E-state index is 0.0412. The maximum absolute atomic E-state index is 12.8. The second kappa shape index (κ2) is 8.89. The van der Waals surface area contributed by atoms with Crippen molar-refractivity contribution >= 4 is 22.8 Å². The summed E-state index contributed by atoms with van der Waals surface area (Å²) in [6.45, 7) is 17.6. The second-order valence-electron chi connectivity index (χ2n) is 11.9. The van der Waals surface area contributed by atoms with Crippen LogP contribution in [0.2, 0.25) is 0 Å². The molecule has 1 amide bonds. The summed E-state index contributed by atoms with van der Waals surface area (Å²) in [7, 11) is 1.85. The van der Waals surface area contributed by atoms with Crippen molar-refractivity contribution in [3.05, 3.63) is 64.0 Å². The number of rotatable bonds is 5. The van der Waals surface area contributed by atoms with Gasteiger partial charge in [-0.3, -0.25) is 20.3 Å². The lowest BCUT2D eigenvalue weighted by Crippen LogP contribution is -2.40. The van der Waals surface area contributed by atoms with Crippen LogP contribution in [0.1, 0.15) is 79.5 Å². The third-order valence-electron chi connectivity index (χ3n) is 8.27. The number of aryl methyl sites for hydroxylation is 4. The highest BCUT2D eigenvalue weighted by Crippen LogP contribution is 2.50. The summed E-state index contributed by atoms with van der Waals surface area (Å²) in [6.07, 6.45) is 1.11. The van der Waals surface area contributed by atoms with E-state index in [1.807, 2.05) is 33.9 Å². The number of benzene rings is 1. The summed E-state index contributed by atoms with van der Waals surface area (Å²) < 4.78 is 13.6. The van der Waals surface area contributed by atoms with Crippen molar-refractivity contribution in [1.29, 1.82) is 0 Å². The fraction of sp³-hybridized carbons (Fsp3) is 0.433. The van der Waals surface area contributed by atoms with E-state index in [2.05, 4.69) is 67.7 Å². The SMILES string of the molecule is Cc1cc2c(cc1Oc1ccc(C(=O)NNc3cc(C)c4c(C)nn(C)c4n3)o1)C(C)(C)CC(C)C2(C)C. The van der Waals surface area contributed by atoms with Crippen LogP contribution < -0.4 is 15.6 Å². The number of hydrogen-bond donors (Lipinski definition) is 2. The topological polar surface area (TPSA) is 94.2 Å². The Morgan fingerprint density at radius 1 is 1.08 bits per heavy atom. The number of nitrogens with zero attached hydrogens (tertiary/aromatic N) is 3. The Hall–Kier alpha value is -3.81. The Morgan fingerprint density at radius 3 is 2.55 bits per heavy atom. The van der Waals surface area contributed by atoms with Gasteiger partial charge in [0.05, 0.1) is 5.69 Å². The van der Waals surface area contributed by atoms with Crippen molar-refractivity contribution in [2.45, 2.75) is 72.6 Å². The maximum Gasteiger partial charge on any atom is 0.305 e. The number of amides is 1. The minimum atomic E-state index is -0.431. The Labute approximate surface area is 223 Å². The molecule has 0 aliphatic heterocycles. The van der Waals surface area contributed by atoms with Gasteiger partial charge < -0.3 is 9.15 Å². The number of aromatic nitrogens is 3. The highest BCUT2D eigenvalue weighted by atomic mass is 16.6. The van der Waals surface area contributed by atoms with E-state index in [0.29, 0.717) is 11.7 Å². The van der Waals surface area contributed by atoms with Crippen LogP contribution in [0.3, 0.4) is 0 Å². The zero-order valence-corrected chi connectivity index (χ0v) is 23.7. The average Bonchev–Trinajstić information content (AvgIpc) is 3.41. The van der Waals surface area contributed by atoms with Crippen LogP contribution in [0.5, 0.6) is 11.7 Å². The van der Waals surface area contributed by atoms with Crippen LogP contribution in [0.25, 0.3) is 11.0 Å². The molecule has 1 aliphatic rings. The zero-order chi connectivity index (χ0) is 27.6. The number of nitrogens with one attached hydrogen (secondary N) is 2. The van der Waals surface area contributed by atoms with E-state index in [1.54, 1.807) is 16.8 Å². The van der Waals surface area contributed by atoms with Crippen LogP contribution in [-0.4, -0.2) is 20.7 Å². The van der Waals surface area contributed by atoms with Crippen LogP contribution in [0.4, 0.5) is 5.82 Å². The molecule has 0 radical (unpaired) electrons. The summed E-state index contributed by atoms with van der Waals surface area (Å²) in [5.41, 5.74) is 12.1. The first-order valence-corrected chi connectivity index (χ1v) is 13.1. The molecule has 3 heterocycles. The molecule has 0 saturated heterocycles.